The van der Waals surface area contributed by atoms with Crippen LogP contribution in [0, 0.1) is 12.8 Å². The molecule has 0 bridgehead atoms. The first-order valence-electron chi connectivity index (χ1n) is 8.40. The van der Waals surface area contributed by atoms with Crippen molar-refractivity contribution in [2.75, 3.05) is 31.2 Å². The van der Waals surface area contributed by atoms with Crippen molar-refractivity contribution in [3.8, 4) is 0 Å². The second-order valence-electron chi connectivity index (χ2n) is 6.42. The van der Waals surface area contributed by atoms with E-state index in [1.165, 1.54) is 0 Å². The average Bonchev–Trinajstić information content (AvgIpc) is 2.78. The molecule has 1 aromatic rings. The van der Waals surface area contributed by atoms with Gasteiger partial charge in [-0.3, -0.25) is 0 Å². The Bertz CT molecular complexity index is 777. The number of aromatic nitrogens is 1. The predicted octanol–water partition coefficient (Wildman–Crippen LogP) is 2.30. The SMILES string of the molecule is CCOCC1=Nc2c(cc(C)nc2N)[N+]1(CC(C)C)OS(=O)(=O)CC. The molecular formula is C16H27N4O4S+. The molecule has 1 unspecified atom stereocenters. The van der Waals surface area contributed by atoms with Gasteiger partial charge in [-0.05, 0) is 20.8 Å². The summed E-state index contributed by atoms with van der Waals surface area (Å²) in [5, 5.41) is 0. The number of fused-ring (bicyclic) bond motifs is 1. The lowest BCUT2D eigenvalue weighted by Gasteiger charge is -2.31. The van der Waals surface area contributed by atoms with Crippen molar-refractivity contribution in [3.05, 3.63) is 11.8 Å². The number of nitrogen functional groups attached to an aromatic ring is 1. The summed E-state index contributed by atoms with van der Waals surface area (Å²) in [5.74, 6) is 0.716. The van der Waals surface area contributed by atoms with Crippen LogP contribution in [0.5, 0.6) is 0 Å². The van der Waals surface area contributed by atoms with E-state index in [2.05, 4.69) is 9.98 Å². The van der Waals surface area contributed by atoms with Gasteiger partial charge in [0.15, 0.2) is 11.5 Å². The Morgan fingerprint density at radius 1 is 1.32 bits per heavy atom. The molecule has 8 nitrogen and oxygen atoms in total. The van der Waals surface area contributed by atoms with Crippen LogP contribution in [0.1, 0.15) is 33.4 Å². The molecule has 0 amide bonds. The van der Waals surface area contributed by atoms with Gasteiger partial charge < -0.3 is 10.5 Å². The van der Waals surface area contributed by atoms with E-state index in [1.54, 1.807) is 19.9 Å². The van der Waals surface area contributed by atoms with Crippen LogP contribution in [-0.4, -0.2) is 44.7 Å². The summed E-state index contributed by atoms with van der Waals surface area (Å²) in [6.07, 6.45) is 0. The van der Waals surface area contributed by atoms with Crippen LogP contribution >= 0.6 is 0 Å². The van der Waals surface area contributed by atoms with Crippen molar-refractivity contribution >= 4 is 33.1 Å². The second-order valence-corrected chi connectivity index (χ2v) is 8.26. The molecule has 0 spiro atoms. The maximum Gasteiger partial charge on any atom is 0.314 e. The summed E-state index contributed by atoms with van der Waals surface area (Å²) in [6.45, 7) is 10.2. The Hall–Kier alpha value is -1.55. The smallest absolute Gasteiger partial charge is 0.314 e. The van der Waals surface area contributed by atoms with Gasteiger partial charge in [-0.1, -0.05) is 22.8 Å². The fourth-order valence-corrected chi connectivity index (χ4v) is 3.54. The fourth-order valence-electron chi connectivity index (χ4n) is 2.82. The molecule has 0 saturated carbocycles. The zero-order valence-corrected chi connectivity index (χ0v) is 16.3. The summed E-state index contributed by atoms with van der Waals surface area (Å²) in [6, 6.07) is 1.78. The Balaban J connectivity index is 2.69. The lowest BCUT2D eigenvalue weighted by atomic mass is 10.1. The van der Waals surface area contributed by atoms with Gasteiger partial charge in [0, 0.05) is 24.3 Å². The van der Waals surface area contributed by atoms with E-state index in [1.807, 2.05) is 20.8 Å². The first-order valence-corrected chi connectivity index (χ1v) is 9.98. The number of nitrogens with two attached hydrogens (primary N) is 1. The molecule has 2 heterocycles. The van der Waals surface area contributed by atoms with Crippen molar-refractivity contribution in [3.63, 3.8) is 0 Å². The minimum atomic E-state index is -3.76. The van der Waals surface area contributed by atoms with Gasteiger partial charge >= 0.3 is 10.1 Å². The predicted molar refractivity (Wildman–Crippen MR) is 99.0 cm³/mol. The highest BCUT2D eigenvalue weighted by Crippen LogP contribution is 2.45. The first-order chi connectivity index (χ1) is 11.6. The monoisotopic (exact) mass is 371 g/mol. The van der Waals surface area contributed by atoms with Crippen molar-refractivity contribution in [1.29, 1.82) is 0 Å². The number of hydrogen-bond donors (Lipinski definition) is 1. The van der Waals surface area contributed by atoms with E-state index in [9.17, 15) is 8.42 Å². The van der Waals surface area contributed by atoms with Crippen LogP contribution < -0.4 is 10.4 Å². The highest BCUT2D eigenvalue weighted by Gasteiger charge is 2.51. The molecule has 0 saturated heterocycles. The lowest BCUT2D eigenvalue weighted by molar-refractivity contribution is 0.0179. The first kappa shape index (κ1) is 19.8. The molecule has 25 heavy (non-hydrogen) atoms. The Kier molecular flexibility index (Phi) is 5.82. The zero-order valence-electron chi connectivity index (χ0n) is 15.4. The summed E-state index contributed by atoms with van der Waals surface area (Å²) in [7, 11) is -3.76. The fraction of sp³-hybridized carbons (Fsp3) is 0.625. The second kappa shape index (κ2) is 7.36. The third kappa shape index (κ3) is 4.00. The van der Waals surface area contributed by atoms with E-state index in [0.29, 0.717) is 36.1 Å². The average molecular weight is 371 g/mol. The standard InChI is InChI=1S/C16H27N4O4S/c1-6-23-10-14-19-15-13(8-12(5)18-16(15)17)20(14,9-11(3)4)24-25(21,22)7-2/h8,11H,6-7,9-10H2,1-5H3,(H2,17,18)/q+1. The molecule has 0 aromatic carbocycles. The van der Waals surface area contributed by atoms with Gasteiger partial charge in [0.05, 0.1) is 5.75 Å². The van der Waals surface area contributed by atoms with Crippen molar-refractivity contribution < 1.29 is 17.4 Å². The van der Waals surface area contributed by atoms with Gasteiger partial charge in [-0.25, -0.2) is 4.98 Å². The number of pyridine rings is 1. The largest absolute Gasteiger partial charge is 0.382 e. The highest BCUT2D eigenvalue weighted by atomic mass is 32.2. The number of amidine groups is 1. The van der Waals surface area contributed by atoms with Gasteiger partial charge in [-0.15, -0.1) is 0 Å². The van der Waals surface area contributed by atoms with Crippen LogP contribution in [0.4, 0.5) is 17.2 Å². The number of aliphatic imine (C=N–C) groups is 1. The Morgan fingerprint density at radius 3 is 2.56 bits per heavy atom. The molecule has 0 radical (unpaired) electrons. The van der Waals surface area contributed by atoms with Crippen LogP contribution in [0.2, 0.25) is 0 Å². The van der Waals surface area contributed by atoms with Crippen LogP contribution in [0.25, 0.3) is 0 Å². The van der Waals surface area contributed by atoms with Crippen LogP contribution in [0.15, 0.2) is 11.1 Å². The number of hydroxylamine groups is 2. The zero-order chi connectivity index (χ0) is 18.8. The lowest BCUT2D eigenvalue weighted by Crippen LogP contribution is -2.57. The number of hydrogen-bond acceptors (Lipinski definition) is 7. The van der Waals surface area contributed by atoms with Crippen LogP contribution in [0.3, 0.4) is 0 Å². The van der Waals surface area contributed by atoms with Gasteiger partial charge in [0.25, 0.3) is 5.84 Å². The van der Waals surface area contributed by atoms with E-state index in [-0.39, 0.29) is 28.7 Å². The molecule has 0 fully saturated rings. The van der Waals surface area contributed by atoms with Crippen molar-refractivity contribution in [2.45, 2.75) is 34.6 Å². The molecule has 140 valence electrons. The number of nitrogens with zero attached hydrogens (tertiary/aromatic N) is 3. The van der Waals surface area contributed by atoms with E-state index >= 15 is 0 Å². The number of rotatable bonds is 8. The van der Waals surface area contributed by atoms with E-state index in [4.69, 9.17) is 14.8 Å². The molecular weight excluding hydrogens is 344 g/mol. The number of anilines is 1. The Labute approximate surface area is 149 Å². The molecule has 9 heteroatoms. The molecule has 1 aromatic heterocycles. The van der Waals surface area contributed by atoms with E-state index in [0.717, 1.165) is 0 Å². The van der Waals surface area contributed by atoms with Gasteiger partial charge in [0.1, 0.15) is 13.2 Å². The highest BCUT2D eigenvalue weighted by molar-refractivity contribution is 7.86. The third-order valence-electron chi connectivity index (χ3n) is 3.83. The minimum Gasteiger partial charge on any atom is -0.382 e. The maximum absolute atomic E-state index is 12.4. The van der Waals surface area contributed by atoms with Gasteiger partial charge in [-0.2, -0.15) is 13.4 Å². The summed E-state index contributed by atoms with van der Waals surface area (Å²) >= 11 is 0. The molecule has 0 aliphatic carbocycles. The van der Waals surface area contributed by atoms with Gasteiger partial charge in [0.2, 0.25) is 5.69 Å². The Morgan fingerprint density at radius 2 is 2.00 bits per heavy atom. The molecule has 1 atom stereocenters. The summed E-state index contributed by atoms with van der Waals surface area (Å²) < 4.78 is 35.6. The molecule has 2 rings (SSSR count). The third-order valence-corrected chi connectivity index (χ3v) is 5.02. The van der Waals surface area contributed by atoms with Crippen molar-refractivity contribution in [1.82, 2.24) is 9.63 Å². The molecule has 1 aliphatic rings. The normalized spacial score (nSPS) is 20.0. The molecule has 1 aliphatic heterocycles. The van der Waals surface area contributed by atoms with Crippen LogP contribution in [-0.2, 0) is 19.1 Å². The molecule has 2 N–H and O–H groups in total. The summed E-state index contributed by atoms with van der Waals surface area (Å²) in [4.78, 5) is 8.78. The number of quaternary nitrogens is 1. The minimum absolute atomic E-state index is 0.137. The number of ether oxygens (including phenoxy) is 1. The van der Waals surface area contributed by atoms with Crippen molar-refractivity contribution in [2.24, 2.45) is 10.9 Å². The number of aryl methyl sites for hydroxylation is 1. The topological polar surface area (TPSA) is 104 Å². The quantitative estimate of drug-likeness (QED) is 0.703. The summed E-state index contributed by atoms with van der Waals surface area (Å²) in [5.41, 5.74) is 7.75. The van der Waals surface area contributed by atoms with E-state index < -0.39 is 10.1 Å². The maximum atomic E-state index is 12.4.